The van der Waals surface area contributed by atoms with Gasteiger partial charge < -0.3 is 19.8 Å². The van der Waals surface area contributed by atoms with E-state index in [0.29, 0.717) is 23.9 Å². The van der Waals surface area contributed by atoms with Crippen molar-refractivity contribution in [3.05, 3.63) is 0 Å². The first-order chi connectivity index (χ1) is 30.5. The number of aliphatic hydroxyl groups excluding tert-OH is 1. The summed E-state index contributed by atoms with van der Waals surface area (Å²) in [6, 6.07) is -0.754. The fourth-order valence-corrected chi connectivity index (χ4v) is 9.43. The number of carbonyl (C=O) groups excluding carboxylic acids is 1. The van der Waals surface area contributed by atoms with Crippen LogP contribution in [0.15, 0.2) is 0 Å². The molecular weight excluding hydrogens is 804 g/mol. The van der Waals surface area contributed by atoms with Gasteiger partial charge in [-0.2, -0.15) is 0 Å². The van der Waals surface area contributed by atoms with Gasteiger partial charge in [-0.1, -0.05) is 271 Å². The van der Waals surface area contributed by atoms with Gasteiger partial charge in [0.1, 0.15) is 13.2 Å². The van der Waals surface area contributed by atoms with Gasteiger partial charge >= 0.3 is 7.82 Å². The zero-order valence-electron chi connectivity index (χ0n) is 43.1. The van der Waals surface area contributed by atoms with Crippen LogP contribution in [0.1, 0.15) is 290 Å². The van der Waals surface area contributed by atoms with Crippen LogP contribution in [0.4, 0.5) is 0 Å². The molecule has 1 amide bonds. The molecule has 0 aliphatic rings. The predicted octanol–water partition coefficient (Wildman–Crippen LogP) is 16.5. The van der Waals surface area contributed by atoms with Crippen molar-refractivity contribution in [1.29, 1.82) is 0 Å². The number of phosphoric acid groups is 1. The molecule has 0 aromatic heterocycles. The van der Waals surface area contributed by atoms with E-state index in [1.165, 1.54) is 225 Å². The number of nitrogens with one attached hydrogen (secondary N) is 1. The number of unbranched alkanes of at least 4 members (excludes halogenated alkanes) is 39. The van der Waals surface area contributed by atoms with E-state index in [4.69, 9.17) is 9.05 Å². The number of amides is 1. The zero-order chi connectivity index (χ0) is 46.4. The fourth-order valence-electron chi connectivity index (χ4n) is 8.70. The summed E-state index contributed by atoms with van der Waals surface area (Å²) in [7, 11) is 1.63. The van der Waals surface area contributed by atoms with Crippen LogP contribution >= 0.6 is 7.82 Å². The minimum atomic E-state index is -4.31. The fraction of sp³-hybridized carbons (Fsp3) is 0.981. The Kier molecular flexibility index (Phi) is 46.2. The number of carbonyl (C=O) groups is 1. The molecule has 9 heteroatoms. The topological polar surface area (TPSA) is 105 Å². The Morgan fingerprint density at radius 3 is 1.06 bits per heavy atom. The normalized spacial score (nSPS) is 14.0. The van der Waals surface area contributed by atoms with E-state index in [2.05, 4.69) is 19.2 Å². The highest BCUT2D eigenvalue weighted by Crippen LogP contribution is 2.43. The molecule has 3 N–H and O–H groups in total. The average Bonchev–Trinajstić information content (AvgIpc) is 3.24. The number of phosphoric ester groups is 1. The van der Waals surface area contributed by atoms with Crippen molar-refractivity contribution < 1.29 is 32.9 Å². The summed E-state index contributed by atoms with van der Waals surface area (Å²) >= 11 is 0. The quantitative estimate of drug-likeness (QED) is 0.0319. The van der Waals surface area contributed by atoms with Crippen molar-refractivity contribution in [2.24, 2.45) is 0 Å². The maximum Gasteiger partial charge on any atom is 0.472 e. The van der Waals surface area contributed by atoms with Crippen LogP contribution in [0.2, 0.25) is 0 Å². The summed E-state index contributed by atoms with van der Waals surface area (Å²) in [5.41, 5.74) is 0. The highest BCUT2D eigenvalue weighted by Gasteiger charge is 2.28. The molecule has 0 fully saturated rings. The van der Waals surface area contributed by atoms with E-state index in [9.17, 15) is 19.4 Å². The van der Waals surface area contributed by atoms with E-state index in [1.54, 1.807) is 0 Å². The number of hydrogen-bond acceptors (Lipinski definition) is 5. The lowest BCUT2D eigenvalue weighted by atomic mass is 10.0. The predicted molar refractivity (Wildman–Crippen MR) is 272 cm³/mol. The van der Waals surface area contributed by atoms with Gasteiger partial charge in [-0.05, 0) is 12.8 Å². The third-order valence-electron chi connectivity index (χ3n) is 13.1. The maximum absolute atomic E-state index is 13.0. The van der Waals surface area contributed by atoms with Crippen molar-refractivity contribution in [2.45, 2.75) is 302 Å². The second-order valence-corrected chi connectivity index (χ2v) is 22.1. The molecule has 8 nitrogen and oxygen atoms in total. The summed E-state index contributed by atoms with van der Waals surface area (Å²) in [6.07, 6.45) is 54.4. The van der Waals surface area contributed by atoms with E-state index >= 15 is 0 Å². The monoisotopic (exact) mass is 916 g/mol. The van der Waals surface area contributed by atoms with E-state index in [-0.39, 0.29) is 19.1 Å². The van der Waals surface area contributed by atoms with Crippen LogP contribution in [0, 0.1) is 0 Å². The third-order valence-corrected chi connectivity index (χ3v) is 14.1. The van der Waals surface area contributed by atoms with Gasteiger partial charge in [0.2, 0.25) is 5.91 Å². The highest BCUT2D eigenvalue weighted by molar-refractivity contribution is 7.47. The summed E-state index contributed by atoms with van der Waals surface area (Å²) in [4.78, 5) is 23.3. The second-order valence-electron chi connectivity index (χ2n) is 20.7. The Morgan fingerprint density at radius 2 is 0.762 bits per heavy atom. The SMILES string of the molecule is CCCCCCCCCCCCCCCCCCCCCCCCCCCC(O)C(COP(=O)(O)OCC[N+](C)(C)C)NC(=O)CCCCCCCCCCCCCCCCCC. The molecule has 63 heavy (non-hydrogen) atoms. The lowest BCUT2D eigenvalue weighted by Gasteiger charge is -2.26. The summed E-state index contributed by atoms with van der Waals surface area (Å²) in [6.45, 7) is 4.94. The van der Waals surface area contributed by atoms with Crippen LogP contribution in [0.3, 0.4) is 0 Å². The molecule has 0 aliphatic heterocycles. The van der Waals surface area contributed by atoms with Crippen molar-refractivity contribution >= 4 is 13.7 Å². The first kappa shape index (κ1) is 62.5. The molecule has 0 radical (unpaired) electrons. The lowest BCUT2D eigenvalue weighted by molar-refractivity contribution is -0.870. The Hall–Kier alpha value is -0.500. The van der Waals surface area contributed by atoms with Crippen LogP contribution in [0.25, 0.3) is 0 Å². The van der Waals surface area contributed by atoms with Gasteiger partial charge in [0.05, 0.1) is 39.9 Å². The van der Waals surface area contributed by atoms with Gasteiger partial charge in [-0.3, -0.25) is 13.8 Å². The minimum absolute atomic E-state index is 0.0790. The number of rotatable bonds is 52. The molecule has 0 aromatic carbocycles. The lowest BCUT2D eigenvalue weighted by Crippen LogP contribution is -2.46. The van der Waals surface area contributed by atoms with Crippen molar-refractivity contribution in [3.63, 3.8) is 0 Å². The van der Waals surface area contributed by atoms with Gasteiger partial charge in [0.15, 0.2) is 0 Å². The Balaban J connectivity index is 4.12. The zero-order valence-corrected chi connectivity index (χ0v) is 44.0. The third kappa shape index (κ3) is 49.2. The summed E-state index contributed by atoms with van der Waals surface area (Å²) in [5, 5.41) is 14.1. The number of nitrogens with zero attached hydrogens (tertiary/aromatic N) is 1. The van der Waals surface area contributed by atoms with Crippen LogP contribution in [-0.4, -0.2) is 73.4 Å². The molecule has 0 aliphatic carbocycles. The molecule has 0 saturated carbocycles. The number of quaternary nitrogens is 1. The summed E-state index contributed by atoms with van der Waals surface area (Å²) in [5.74, 6) is -0.137. The standard InChI is InChI=1S/C54H111N2O6P/c1-6-8-10-12-14-16-18-20-22-24-25-26-27-28-29-30-31-32-33-35-37-39-41-43-45-47-53(57)52(51-62-63(59,60)61-50-49-56(3,4)5)55-54(58)48-46-44-42-40-38-36-34-23-21-19-17-15-13-11-9-7-2/h52-53,57H,6-51H2,1-5H3,(H-,55,58,59,60)/p+1. The largest absolute Gasteiger partial charge is 0.472 e. The van der Waals surface area contributed by atoms with Crippen molar-refractivity contribution in [1.82, 2.24) is 5.32 Å². The molecule has 0 saturated heterocycles. The minimum Gasteiger partial charge on any atom is -0.391 e. The van der Waals surface area contributed by atoms with Gasteiger partial charge in [-0.15, -0.1) is 0 Å². The van der Waals surface area contributed by atoms with Crippen LogP contribution in [-0.2, 0) is 18.4 Å². The highest BCUT2D eigenvalue weighted by atomic mass is 31.2. The molecule has 3 unspecified atom stereocenters. The van der Waals surface area contributed by atoms with Crippen molar-refractivity contribution in [3.8, 4) is 0 Å². The molecule has 0 rings (SSSR count). The summed E-state index contributed by atoms with van der Waals surface area (Å²) < 4.78 is 23.8. The van der Waals surface area contributed by atoms with Gasteiger partial charge in [-0.25, -0.2) is 4.57 Å². The Labute approximate surface area is 393 Å². The molecule has 3 atom stereocenters. The molecular formula is C54H112N2O6P+. The van der Waals surface area contributed by atoms with E-state index < -0.39 is 20.0 Å². The smallest absolute Gasteiger partial charge is 0.391 e. The molecule has 378 valence electrons. The Bertz CT molecular complexity index is 994. The maximum atomic E-state index is 13.0. The van der Waals surface area contributed by atoms with E-state index in [1.807, 2.05) is 21.1 Å². The Morgan fingerprint density at radius 1 is 0.476 bits per heavy atom. The first-order valence-corrected chi connectivity index (χ1v) is 29.4. The molecule has 0 heterocycles. The average molecular weight is 916 g/mol. The van der Waals surface area contributed by atoms with Crippen molar-refractivity contribution in [2.75, 3.05) is 40.9 Å². The van der Waals surface area contributed by atoms with E-state index in [0.717, 1.165) is 38.5 Å². The van der Waals surface area contributed by atoms with Gasteiger partial charge in [0, 0.05) is 6.42 Å². The first-order valence-electron chi connectivity index (χ1n) is 27.9. The number of aliphatic hydroxyl groups is 1. The molecule has 0 bridgehead atoms. The number of likely N-dealkylation sites (N-methyl/N-ethyl adjacent to an activating group) is 1. The number of hydrogen-bond donors (Lipinski definition) is 3. The van der Waals surface area contributed by atoms with Crippen LogP contribution in [0.5, 0.6) is 0 Å². The van der Waals surface area contributed by atoms with Crippen LogP contribution < -0.4 is 5.32 Å². The molecule has 0 aromatic rings. The van der Waals surface area contributed by atoms with Gasteiger partial charge in [0.25, 0.3) is 0 Å². The molecule has 0 spiro atoms. The second kappa shape index (κ2) is 46.6.